The molecule has 2 N–H and O–H groups in total. The van der Waals surface area contributed by atoms with Crippen LogP contribution in [-0.4, -0.2) is 24.0 Å². The predicted molar refractivity (Wildman–Crippen MR) is 77.6 cm³/mol. The molecule has 1 fully saturated rings. The zero-order valence-electron chi connectivity index (χ0n) is 11.9. The van der Waals surface area contributed by atoms with Gasteiger partial charge in [-0.2, -0.15) is 0 Å². The van der Waals surface area contributed by atoms with Crippen molar-refractivity contribution in [3.05, 3.63) is 34.9 Å². The first-order valence-electron chi connectivity index (χ1n) is 7.12. The molecule has 0 saturated carbocycles. The van der Waals surface area contributed by atoms with E-state index in [1.54, 1.807) is 0 Å². The first-order valence-corrected chi connectivity index (χ1v) is 7.12. The van der Waals surface area contributed by atoms with Crippen molar-refractivity contribution < 1.29 is 0 Å². The maximum Gasteiger partial charge on any atom is 0.0247 e. The highest BCUT2D eigenvalue weighted by atomic mass is 15.2. The number of piperidine rings is 1. The molecule has 2 nitrogen and oxygen atoms in total. The van der Waals surface area contributed by atoms with Crippen LogP contribution >= 0.6 is 0 Å². The van der Waals surface area contributed by atoms with E-state index in [0.717, 1.165) is 19.0 Å². The number of nitrogens with zero attached hydrogens (tertiary/aromatic N) is 1. The molecule has 0 amide bonds. The number of rotatable bonds is 3. The Morgan fingerprint density at radius 1 is 1.33 bits per heavy atom. The van der Waals surface area contributed by atoms with Crippen LogP contribution in [0.2, 0.25) is 0 Å². The van der Waals surface area contributed by atoms with Crippen molar-refractivity contribution in [2.75, 3.05) is 13.1 Å². The molecule has 100 valence electrons. The molecule has 2 unspecified atom stereocenters. The van der Waals surface area contributed by atoms with E-state index in [2.05, 4.69) is 43.9 Å². The van der Waals surface area contributed by atoms with Gasteiger partial charge in [-0.15, -0.1) is 0 Å². The van der Waals surface area contributed by atoms with Gasteiger partial charge >= 0.3 is 0 Å². The van der Waals surface area contributed by atoms with Gasteiger partial charge in [-0.25, -0.2) is 0 Å². The van der Waals surface area contributed by atoms with Gasteiger partial charge in [0.05, 0.1) is 0 Å². The van der Waals surface area contributed by atoms with Crippen LogP contribution in [-0.2, 0) is 6.54 Å². The van der Waals surface area contributed by atoms with Crippen molar-refractivity contribution in [1.29, 1.82) is 0 Å². The Morgan fingerprint density at radius 3 is 2.83 bits per heavy atom. The van der Waals surface area contributed by atoms with E-state index in [0.29, 0.717) is 6.04 Å². The minimum absolute atomic E-state index is 0.554. The fraction of sp³-hybridized carbons (Fsp3) is 0.625. The summed E-state index contributed by atoms with van der Waals surface area (Å²) in [6.45, 7) is 9.80. The Kier molecular flexibility index (Phi) is 4.41. The van der Waals surface area contributed by atoms with Crippen molar-refractivity contribution in [3.63, 3.8) is 0 Å². The van der Waals surface area contributed by atoms with Gasteiger partial charge in [0.1, 0.15) is 0 Å². The average Bonchev–Trinajstić information content (AvgIpc) is 2.35. The Hall–Kier alpha value is -0.860. The number of benzene rings is 1. The third kappa shape index (κ3) is 2.76. The van der Waals surface area contributed by atoms with Gasteiger partial charge in [-0.1, -0.05) is 25.1 Å². The van der Waals surface area contributed by atoms with E-state index in [-0.39, 0.29) is 0 Å². The molecule has 2 rings (SSSR count). The summed E-state index contributed by atoms with van der Waals surface area (Å²) in [4.78, 5) is 2.58. The first-order chi connectivity index (χ1) is 8.63. The van der Waals surface area contributed by atoms with Crippen LogP contribution in [0.4, 0.5) is 0 Å². The van der Waals surface area contributed by atoms with Gasteiger partial charge in [0, 0.05) is 19.1 Å². The summed E-state index contributed by atoms with van der Waals surface area (Å²) in [7, 11) is 0. The van der Waals surface area contributed by atoms with E-state index in [4.69, 9.17) is 5.73 Å². The first kappa shape index (κ1) is 13.6. The lowest BCUT2D eigenvalue weighted by Crippen LogP contribution is -2.48. The summed E-state index contributed by atoms with van der Waals surface area (Å²) < 4.78 is 0. The molecule has 1 aromatic rings. The third-order valence-electron chi connectivity index (χ3n) is 4.56. The molecule has 2 heteroatoms. The standard InChI is InChI=1S/C16H26N2/c1-12-6-4-8-15(14(12)3)11-18-9-5-7-13(2)16(18)10-17/h4,6,8,13,16H,5,7,9-11,17H2,1-3H3. The van der Waals surface area contributed by atoms with Crippen molar-refractivity contribution >= 4 is 0 Å². The quantitative estimate of drug-likeness (QED) is 0.888. The normalized spacial score (nSPS) is 25.3. The fourth-order valence-corrected chi connectivity index (χ4v) is 3.11. The van der Waals surface area contributed by atoms with Gasteiger partial charge in [-0.3, -0.25) is 4.90 Å². The zero-order valence-corrected chi connectivity index (χ0v) is 11.9. The molecular weight excluding hydrogens is 220 g/mol. The van der Waals surface area contributed by atoms with Crippen LogP contribution in [0.15, 0.2) is 18.2 Å². The zero-order chi connectivity index (χ0) is 13.1. The molecule has 0 bridgehead atoms. The van der Waals surface area contributed by atoms with Crippen molar-refractivity contribution in [2.45, 2.75) is 46.2 Å². The fourth-order valence-electron chi connectivity index (χ4n) is 3.11. The molecule has 0 aromatic heterocycles. The number of hydrogen-bond donors (Lipinski definition) is 1. The molecule has 1 heterocycles. The molecule has 18 heavy (non-hydrogen) atoms. The highest BCUT2D eigenvalue weighted by Gasteiger charge is 2.27. The summed E-state index contributed by atoms with van der Waals surface area (Å²) in [5, 5.41) is 0. The Balaban J connectivity index is 2.14. The second-order valence-corrected chi connectivity index (χ2v) is 5.75. The summed E-state index contributed by atoms with van der Waals surface area (Å²) in [6, 6.07) is 7.18. The monoisotopic (exact) mass is 246 g/mol. The minimum atomic E-state index is 0.554. The molecule has 1 aliphatic rings. The van der Waals surface area contributed by atoms with Gasteiger partial charge in [0.25, 0.3) is 0 Å². The SMILES string of the molecule is Cc1cccc(CN2CCCC(C)C2CN)c1C. The summed E-state index contributed by atoms with van der Waals surface area (Å²) in [6.07, 6.45) is 2.63. The van der Waals surface area contributed by atoms with Gasteiger partial charge in [-0.05, 0) is 55.8 Å². The van der Waals surface area contributed by atoms with Crippen LogP contribution in [0.25, 0.3) is 0 Å². The van der Waals surface area contributed by atoms with Gasteiger partial charge in [0.15, 0.2) is 0 Å². The number of hydrogen-bond acceptors (Lipinski definition) is 2. The Morgan fingerprint density at radius 2 is 2.11 bits per heavy atom. The maximum atomic E-state index is 5.96. The topological polar surface area (TPSA) is 29.3 Å². The predicted octanol–water partition coefficient (Wildman–Crippen LogP) is 2.86. The smallest absolute Gasteiger partial charge is 0.0247 e. The largest absolute Gasteiger partial charge is 0.329 e. The number of likely N-dealkylation sites (tertiary alicyclic amines) is 1. The molecule has 2 atom stereocenters. The van der Waals surface area contributed by atoms with Crippen LogP contribution in [0.5, 0.6) is 0 Å². The molecule has 1 saturated heterocycles. The highest BCUT2D eigenvalue weighted by Crippen LogP contribution is 2.25. The third-order valence-corrected chi connectivity index (χ3v) is 4.56. The summed E-state index contributed by atoms with van der Waals surface area (Å²) in [5.41, 5.74) is 10.3. The van der Waals surface area contributed by atoms with E-state index >= 15 is 0 Å². The van der Waals surface area contributed by atoms with Crippen LogP contribution in [0.1, 0.15) is 36.5 Å². The summed E-state index contributed by atoms with van der Waals surface area (Å²) >= 11 is 0. The van der Waals surface area contributed by atoms with E-state index in [1.807, 2.05) is 0 Å². The van der Waals surface area contributed by atoms with E-state index < -0.39 is 0 Å². The van der Waals surface area contributed by atoms with Crippen LogP contribution in [0, 0.1) is 19.8 Å². The van der Waals surface area contributed by atoms with Crippen LogP contribution < -0.4 is 5.73 Å². The molecule has 0 radical (unpaired) electrons. The lowest BCUT2D eigenvalue weighted by Gasteiger charge is -2.39. The second kappa shape index (κ2) is 5.85. The Labute approximate surface area is 111 Å². The molecule has 1 aliphatic heterocycles. The molecule has 0 aliphatic carbocycles. The minimum Gasteiger partial charge on any atom is -0.329 e. The number of aryl methyl sites for hydroxylation is 1. The molecule has 1 aromatic carbocycles. The lowest BCUT2D eigenvalue weighted by molar-refractivity contribution is 0.0989. The summed E-state index contributed by atoms with van der Waals surface area (Å²) in [5.74, 6) is 0.730. The molecule has 0 spiro atoms. The van der Waals surface area contributed by atoms with Crippen molar-refractivity contribution in [2.24, 2.45) is 11.7 Å². The van der Waals surface area contributed by atoms with Crippen LogP contribution in [0.3, 0.4) is 0 Å². The Bertz CT molecular complexity index is 400. The van der Waals surface area contributed by atoms with E-state index in [1.165, 1.54) is 36.1 Å². The van der Waals surface area contributed by atoms with Crippen molar-refractivity contribution in [1.82, 2.24) is 4.90 Å². The van der Waals surface area contributed by atoms with E-state index in [9.17, 15) is 0 Å². The second-order valence-electron chi connectivity index (χ2n) is 5.75. The molecular formula is C16H26N2. The number of nitrogens with two attached hydrogens (primary N) is 1. The lowest BCUT2D eigenvalue weighted by atomic mass is 9.90. The average molecular weight is 246 g/mol. The maximum absolute atomic E-state index is 5.96. The van der Waals surface area contributed by atoms with Crippen molar-refractivity contribution in [3.8, 4) is 0 Å². The van der Waals surface area contributed by atoms with Gasteiger partial charge < -0.3 is 5.73 Å². The highest BCUT2D eigenvalue weighted by molar-refractivity contribution is 5.33. The van der Waals surface area contributed by atoms with Gasteiger partial charge in [0.2, 0.25) is 0 Å².